The molecule has 0 amide bonds. The van der Waals surface area contributed by atoms with Crippen molar-refractivity contribution in [1.29, 1.82) is 0 Å². The van der Waals surface area contributed by atoms with Crippen molar-refractivity contribution in [1.82, 2.24) is 0 Å². The number of hydrogen-bond acceptors (Lipinski definition) is 6. The monoisotopic (exact) mass is 413 g/mol. The zero-order valence-corrected chi connectivity index (χ0v) is 15.5. The van der Waals surface area contributed by atoms with Gasteiger partial charge >= 0.3 is 10.1 Å². The molecule has 0 spiro atoms. The number of nitrogen functional groups attached to an aromatic ring is 1. The summed E-state index contributed by atoms with van der Waals surface area (Å²) >= 11 is 11.7. The van der Waals surface area contributed by atoms with Crippen LogP contribution in [0.4, 0.5) is 5.88 Å². The van der Waals surface area contributed by atoms with E-state index in [9.17, 15) is 13.5 Å². The number of anilines is 1. The number of benzene rings is 2. The van der Waals surface area contributed by atoms with Gasteiger partial charge in [-0.15, -0.1) is 0 Å². The third kappa shape index (κ3) is 4.07. The summed E-state index contributed by atoms with van der Waals surface area (Å²) in [5.41, 5.74) is 6.56. The van der Waals surface area contributed by atoms with Gasteiger partial charge in [-0.3, -0.25) is 0 Å². The average molecular weight is 414 g/mol. The highest BCUT2D eigenvalue weighted by molar-refractivity contribution is 7.86. The summed E-state index contributed by atoms with van der Waals surface area (Å²) in [4.78, 5) is 0. The highest BCUT2D eigenvalue weighted by Gasteiger charge is 2.26. The second-order valence-electron chi connectivity index (χ2n) is 5.40. The highest BCUT2D eigenvalue weighted by atomic mass is 35.5. The van der Waals surface area contributed by atoms with Crippen molar-refractivity contribution in [3.05, 3.63) is 64.1 Å². The fourth-order valence-electron chi connectivity index (χ4n) is 2.29. The lowest BCUT2D eigenvalue weighted by molar-refractivity contribution is 0.432. The summed E-state index contributed by atoms with van der Waals surface area (Å²) < 4.78 is 34.8. The van der Waals surface area contributed by atoms with Gasteiger partial charge < -0.3 is 19.4 Å². The molecule has 0 radical (unpaired) electrons. The maximum Gasteiger partial charge on any atom is 0.313 e. The van der Waals surface area contributed by atoms with E-state index in [2.05, 4.69) is 0 Å². The Hall–Kier alpha value is -2.35. The van der Waals surface area contributed by atoms with Crippen molar-refractivity contribution < 1.29 is 22.1 Å². The molecular weight excluding hydrogens is 401 g/mol. The Bertz CT molecular complexity index is 1050. The molecule has 0 aliphatic rings. The van der Waals surface area contributed by atoms with Gasteiger partial charge in [0.25, 0.3) is 0 Å². The topological polar surface area (TPSA) is 103 Å². The van der Waals surface area contributed by atoms with Gasteiger partial charge in [-0.1, -0.05) is 35.3 Å². The fourth-order valence-corrected chi connectivity index (χ4v) is 3.69. The first-order valence-corrected chi connectivity index (χ1v) is 9.62. The molecule has 0 fully saturated rings. The van der Waals surface area contributed by atoms with E-state index in [4.69, 9.17) is 37.5 Å². The van der Waals surface area contributed by atoms with Crippen molar-refractivity contribution in [2.45, 2.75) is 5.75 Å². The Morgan fingerprint density at radius 1 is 1.08 bits per heavy atom. The van der Waals surface area contributed by atoms with Crippen LogP contribution in [0.3, 0.4) is 0 Å². The lowest BCUT2D eigenvalue weighted by atomic mass is 10.1. The molecule has 0 saturated carbocycles. The SMILES string of the molecule is Nc1oc(-c2ccc(Cl)cc2)c(O)c1OS(=O)(=O)Cc1cccc(Cl)c1. The zero-order valence-electron chi connectivity index (χ0n) is 13.1. The molecule has 2 aromatic carbocycles. The molecule has 0 aliphatic carbocycles. The molecule has 3 aromatic rings. The van der Waals surface area contributed by atoms with Crippen LogP contribution >= 0.6 is 23.2 Å². The van der Waals surface area contributed by atoms with Crippen molar-refractivity contribution >= 4 is 39.2 Å². The van der Waals surface area contributed by atoms with Crippen LogP contribution in [0.2, 0.25) is 10.0 Å². The molecule has 9 heteroatoms. The fraction of sp³-hybridized carbons (Fsp3) is 0.0588. The van der Waals surface area contributed by atoms with E-state index in [1.807, 2.05) is 0 Å². The van der Waals surface area contributed by atoms with Crippen molar-refractivity contribution in [3.63, 3.8) is 0 Å². The van der Waals surface area contributed by atoms with Crippen molar-refractivity contribution in [3.8, 4) is 22.8 Å². The second kappa shape index (κ2) is 7.11. The van der Waals surface area contributed by atoms with E-state index in [1.54, 1.807) is 42.5 Å². The molecule has 3 N–H and O–H groups in total. The number of nitrogens with two attached hydrogens (primary N) is 1. The Morgan fingerprint density at radius 2 is 1.77 bits per heavy atom. The third-order valence-corrected chi connectivity index (χ3v) is 5.01. The van der Waals surface area contributed by atoms with Gasteiger partial charge in [-0.05, 0) is 42.0 Å². The summed E-state index contributed by atoms with van der Waals surface area (Å²) in [6.45, 7) is 0. The van der Waals surface area contributed by atoms with Gasteiger partial charge in [0, 0.05) is 15.6 Å². The normalized spacial score (nSPS) is 11.5. The van der Waals surface area contributed by atoms with Crippen LogP contribution < -0.4 is 9.92 Å². The maximum atomic E-state index is 12.3. The Morgan fingerprint density at radius 3 is 2.42 bits per heavy atom. The summed E-state index contributed by atoms with van der Waals surface area (Å²) in [6, 6.07) is 12.7. The molecule has 0 saturated heterocycles. The number of rotatable bonds is 5. The quantitative estimate of drug-likeness (QED) is 0.598. The summed E-state index contributed by atoms with van der Waals surface area (Å²) in [7, 11) is -4.10. The minimum Gasteiger partial charge on any atom is -0.501 e. The van der Waals surface area contributed by atoms with Crippen LogP contribution in [0.1, 0.15) is 5.56 Å². The van der Waals surface area contributed by atoms with Crippen LogP contribution in [0.15, 0.2) is 52.9 Å². The van der Waals surface area contributed by atoms with Crippen LogP contribution in [-0.2, 0) is 15.9 Å². The summed E-state index contributed by atoms with van der Waals surface area (Å²) in [6.07, 6.45) is 0. The van der Waals surface area contributed by atoms with Crippen molar-refractivity contribution in [2.24, 2.45) is 0 Å². The van der Waals surface area contributed by atoms with E-state index < -0.39 is 27.4 Å². The van der Waals surface area contributed by atoms with E-state index in [-0.39, 0.29) is 11.6 Å². The molecular formula is C17H13Cl2NO5S. The van der Waals surface area contributed by atoms with Gasteiger partial charge in [0.05, 0.1) is 0 Å². The predicted molar refractivity (Wildman–Crippen MR) is 99.9 cm³/mol. The average Bonchev–Trinajstić information content (AvgIpc) is 2.83. The zero-order chi connectivity index (χ0) is 18.9. The number of furan rings is 1. The molecule has 0 aliphatic heterocycles. The molecule has 0 bridgehead atoms. The van der Waals surface area contributed by atoms with Gasteiger partial charge in [-0.25, -0.2) is 0 Å². The smallest absolute Gasteiger partial charge is 0.313 e. The Kier molecular flexibility index (Phi) is 5.04. The third-order valence-electron chi connectivity index (χ3n) is 3.42. The maximum absolute atomic E-state index is 12.3. The molecule has 6 nitrogen and oxygen atoms in total. The van der Waals surface area contributed by atoms with Crippen LogP contribution in [0.5, 0.6) is 11.5 Å². The van der Waals surface area contributed by atoms with Gasteiger partial charge in [-0.2, -0.15) is 8.42 Å². The van der Waals surface area contributed by atoms with E-state index in [0.29, 0.717) is 21.2 Å². The van der Waals surface area contributed by atoms with E-state index >= 15 is 0 Å². The van der Waals surface area contributed by atoms with E-state index in [0.717, 1.165) is 0 Å². The number of hydrogen-bond donors (Lipinski definition) is 2. The molecule has 26 heavy (non-hydrogen) atoms. The van der Waals surface area contributed by atoms with Crippen molar-refractivity contribution in [2.75, 3.05) is 5.73 Å². The van der Waals surface area contributed by atoms with E-state index in [1.165, 1.54) is 6.07 Å². The molecule has 1 heterocycles. The first-order valence-electron chi connectivity index (χ1n) is 7.29. The number of aromatic hydroxyl groups is 1. The summed E-state index contributed by atoms with van der Waals surface area (Å²) in [5, 5.41) is 11.2. The Labute approximate surface area is 159 Å². The minimum absolute atomic E-state index is 0.0212. The second-order valence-corrected chi connectivity index (χ2v) is 7.84. The lowest BCUT2D eigenvalue weighted by Crippen LogP contribution is -2.12. The van der Waals surface area contributed by atoms with Gasteiger partial charge in [0.15, 0.2) is 5.76 Å². The largest absolute Gasteiger partial charge is 0.501 e. The standard InChI is InChI=1S/C17H13Cl2NO5S/c18-12-6-4-11(5-7-12)15-14(21)16(17(20)24-15)25-26(22,23)9-10-2-1-3-13(19)8-10/h1-8,21H,9,20H2. The molecule has 1 aromatic heterocycles. The summed E-state index contributed by atoms with van der Waals surface area (Å²) in [5.74, 6) is -1.81. The highest BCUT2D eigenvalue weighted by Crippen LogP contribution is 2.45. The number of halogens is 2. The van der Waals surface area contributed by atoms with Crippen LogP contribution in [-0.4, -0.2) is 13.5 Å². The van der Waals surface area contributed by atoms with Gasteiger partial charge in [0.2, 0.25) is 17.4 Å². The Balaban J connectivity index is 1.89. The molecule has 0 atom stereocenters. The van der Waals surface area contributed by atoms with Gasteiger partial charge in [0.1, 0.15) is 5.75 Å². The predicted octanol–water partition coefficient (Wildman–Crippen LogP) is 4.45. The lowest BCUT2D eigenvalue weighted by Gasteiger charge is -2.06. The van der Waals surface area contributed by atoms with Crippen LogP contribution in [0, 0.1) is 0 Å². The first-order chi connectivity index (χ1) is 12.2. The first kappa shape index (κ1) is 18.4. The van der Waals surface area contributed by atoms with Crippen LogP contribution in [0.25, 0.3) is 11.3 Å². The minimum atomic E-state index is -4.10. The molecule has 3 rings (SSSR count). The molecule has 0 unspecified atom stereocenters. The molecule has 136 valence electrons.